The number of benzene rings is 1. The maximum atomic E-state index is 12.6. The molecule has 1 aromatic carbocycles. The largest absolute Gasteiger partial charge is 0.474 e. The van der Waals surface area contributed by atoms with Gasteiger partial charge in [0.05, 0.1) is 5.56 Å². The number of carbonyl (C=O) groups is 1. The fourth-order valence-corrected chi connectivity index (χ4v) is 3.10. The van der Waals surface area contributed by atoms with Crippen molar-refractivity contribution >= 4 is 12.0 Å². The van der Waals surface area contributed by atoms with Crippen LogP contribution in [0.15, 0.2) is 54.7 Å². The molecule has 148 valence electrons. The van der Waals surface area contributed by atoms with Gasteiger partial charge in [-0.05, 0) is 43.4 Å². The fraction of sp³-hybridized carbons (Fsp3) is 0.333. The number of halogens is 3. The molecule has 0 bridgehead atoms. The maximum absolute atomic E-state index is 12.6. The summed E-state index contributed by atoms with van der Waals surface area (Å²) < 4.78 is 43.3. The smallest absolute Gasteiger partial charge is 0.417 e. The van der Waals surface area contributed by atoms with Crippen LogP contribution in [0.5, 0.6) is 5.88 Å². The number of nitrogens with one attached hydrogen (secondary N) is 1. The highest BCUT2D eigenvalue weighted by Crippen LogP contribution is 2.30. The SMILES string of the molecule is O=C(/C=C/c1ccccc1)NC1CCC(Oc2ccc(C(F)(F)F)cn2)CC1. The summed E-state index contributed by atoms with van der Waals surface area (Å²) in [4.78, 5) is 15.8. The average Bonchev–Trinajstić information content (AvgIpc) is 2.68. The Bertz CT molecular complexity index is 797. The van der Waals surface area contributed by atoms with Gasteiger partial charge < -0.3 is 10.1 Å². The van der Waals surface area contributed by atoms with Crippen molar-refractivity contribution in [2.45, 2.75) is 44.0 Å². The van der Waals surface area contributed by atoms with Crippen molar-refractivity contribution in [1.29, 1.82) is 0 Å². The lowest BCUT2D eigenvalue weighted by Gasteiger charge is -2.29. The zero-order valence-corrected chi connectivity index (χ0v) is 15.2. The first-order chi connectivity index (χ1) is 13.4. The van der Waals surface area contributed by atoms with Crippen LogP contribution >= 0.6 is 0 Å². The van der Waals surface area contributed by atoms with Crippen LogP contribution in [0.1, 0.15) is 36.8 Å². The second-order valence-electron chi connectivity index (χ2n) is 6.73. The zero-order chi connectivity index (χ0) is 20.0. The van der Waals surface area contributed by atoms with E-state index in [1.54, 1.807) is 6.08 Å². The molecule has 1 saturated carbocycles. The number of hydrogen-bond acceptors (Lipinski definition) is 3. The van der Waals surface area contributed by atoms with E-state index < -0.39 is 11.7 Å². The lowest BCUT2D eigenvalue weighted by molar-refractivity contribution is -0.137. The van der Waals surface area contributed by atoms with E-state index in [1.807, 2.05) is 30.3 Å². The first-order valence-electron chi connectivity index (χ1n) is 9.14. The minimum absolute atomic E-state index is 0.0633. The number of hydrogen-bond donors (Lipinski definition) is 1. The van der Waals surface area contributed by atoms with Crippen LogP contribution in [0, 0.1) is 0 Å². The van der Waals surface area contributed by atoms with E-state index in [1.165, 1.54) is 12.1 Å². The van der Waals surface area contributed by atoms with Gasteiger partial charge in [-0.15, -0.1) is 0 Å². The van der Waals surface area contributed by atoms with Crippen LogP contribution in [-0.4, -0.2) is 23.0 Å². The molecule has 0 unspecified atom stereocenters. The Balaban J connectivity index is 1.43. The summed E-state index contributed by atoms with van der Waals surface area (Å²) in [6.07, 6.45) is 2.44. The van der Waals surface area contributed by atoms with Crippen LogP contribution in [0.2, 0.25) is 0 Å². The van der Waals surface area contributed by atoms with Gasteiger partial charge in [-0.25, -0.2) is 4.98 Å². The molecular weight excluding hydrogens is 369 g/mol. The van der Waals surface area contributed by atoms with Crippen LogP contribution < -0.4 is 10.1 Å². The second kappa shape index (κ2) is 8.91. The monoisotopic (exact) mass is 390 g/mol. The van der Waals surface area contributed by atoms with E-state index in [-0.39, 0.29) is 23.9 Å². The van der Waals surface area contributed by atoms with Crippen molar-refractivity contribution < 1.29 is 22.7 Å². The fourth-order valence-electron chi connectivity index (χ4n) is 3.10. The highest BCUT2D eigenvalue weighted by molar-refractivity contribution is 5.91. The molecule has 1 heterocycles. The van der Waals surface area contributed by atoms with Gasteiger partial charge in [0.25, 0.3) is 0 Å². The van der Waals surface area contributed by atoms with E-state index in [2.05, 4.69) is 10.3 Å². The van der Waals surface area contributed by atoms with Gasteiger partial charge in [0.15, 0.2) is 0 Å². The normalized spacial score (nSPS) is 20.1. The van der Waals surface area contributed by atoms with Gasteiger partial charge in [-0.3, -0.25) is 4.79 Å². The number of alkyl halides is 3. The molecule has 1 amide bonds. The molecule has 3 rings (SSSR count). The topological polar surface area (TPSA) is 51.2 Å². The van der Waals surface area contributed by atoms with E-state index in [0.29, 0.717) is 12.8 Å². The summed E-state index contributed by atoms with van der Waals surface area (Å²) in [5.74, 6) is 0.0453. The predicted molar refractivity (Wildman–Crippen MR) is 99.5 cm³/mol. The lowest BCUT2D eigenvalue weighted by Crippen LogP contribution is -2.39. The lowest BCUT2D eigenvalue weighted by atomic mass is 9.93. The van der Waals surface area contributed by atoms with Crippen molar-refractivity contribution in [2.75, 3.05) is 0 Å². The minimum atomic E-state index is -4.41. The summed E-state index contributed by atoms with van der Waals surface area (Å²) in [6, 6.07) is 11.8. The first-order valence-corrected chi connectivity index (χ1v) is 9.14. The zero-order valence-electron chi connectivity index (χ0n) is 15.2. The van der Waals surface area contributed by atoms with Crippen LogP contribution in [-0.2, 0) is 11.0 Å². The summed E-state index contributed by atoms with van der Waals surface area (Å²) >= 11 is 0. The van der Waals surface area contributed by atoms with Gasteiger partial charge >= 0.3 is 6.18 Å². The van der Waals surface area contributed by atoms with Crippen molar-refractivity contribution in [3.63, 3.8) is 0 Å². The molecule has 1 aromatic heterocycles. The van der Waals surface area contributed by atoms with E-state index in [9.17, 15) is 18.0 Å². The average molecular weight is 390 g/mol. The third-order valence-electron chi connectivity index (χ3n) is 4.60. The Morgan fingerprint density at radius 3 is 2.39 bits per heavy atom. The van der Waals surface area contributed by atoms with Gasteiger partial charge in [-0.2, -0.15) is 13.2 Å². The second-order valence-corrected chi connectivity index (χ2v) is 6.73. The number of rotatable bonds is 5. The molecule has 7 heteroatoms. The quantitative estimate of drug-likeness (QED) is 0.758. The molecule has 1 N–H and O–H groups in total. The van der Waals surface area contributed by atoms with Crippen LogP contribution in [0.3, 0.4) is 0 Å². The summed E-state index contributed by atoms with van der Waals surface area (Å²) in [7, 11) is 0. The first kappa shape index (κ1) is 19.9. The Hall–Kier alpha value is -2.83. The van der Waals surface area contributed by atoms with Crippen molar-refractivity contribution in [1.82, 2.24) is 10.3 Å². The Kier molecular flexibility index (Phi) is 6.34. The molecule has 1 aliphatic carbocycles. The van der Waals surface area contributed by atoms with Gasteiger partial charge in [0.1, 0.15) is 6.10 Å². The molecular formula is C21H21F3N2O2. The van der Waals surface area contributed by atoms with E-state index in [0.717, 1.165) is 30.7 Å². The van der Waals surface area contributed by atoms with Crippen molar-refractivity contribution in [2.24, 2.45) is 0 Å². The predicted octanol–water partition coefficient (Wildman–Crippen LogP) is 4.62. The number of aromatic nitrogens is 1. The minimum Gasteiger partial charge on any atom is -0.474 e. The highest BCUT2D eigenvalue weighted by Gasteiger charge is 2.31. The molecule has 1 aliphatic rings. The molecule has 1 fully saturated rings. The summed E-state index contributed by atoms with van der Waals surface area (Å²) in [5.41, 5.74) is 0.161. The van der Waals surface area contributed by atoms with Crippen LogP contribution in [0.25, 0.3) is 6.08 Å². The Morgan fingerprint density at radius 2 is 1.79 bits per heavy atom. The molecule has 0 saturated heterocycles. The third-order valence-corrected chi connectivity index (χ3v) is 4.60. The van der Waals surface area contributed by atoms with Gasteiger partial charge in [0.2, 0.25) is 11.8 Å². The molecule has 0 atom stereocenters. The standard InChI is InChI=1S/C21H21F3N2O2/c22-21(23,24)16-7-13-20(25-14-16)28-18-10-8-17(9-11-18)26-19(27)12-6-15-4-2-1-3-5-15/h1-7,12-14,17-18H,8-11H2,(H,26,27)/b12-6+. The highest BCUT2D eigenvalue weighted by atomic mass is 19.4. The molecule has 28 heavy (non-hydrogen) atoms. The number of pyridine rings is 1. The van der Waals surface area contributed by atoms with Gasteiger partial charge in [0, 0.05) is 24.4 Å². The summed E-state index contributed by atoms with van der Waals surface area (Å²) in [6.45, 7) is 0. The van der Waals surface area contributed by atoms with E-state index >= 15 is 0 Å². The number of nitrogens with zero attached hydrogens (tertiary/aromatic N) is 1. The van der Waals surface area contributed by atoms with Crippen molar-refractivity contribution in [3.05, 3.63) is 65.9 Å². The van der Waals surface area contributed by atoms with Gasteiger partial charge in [-0.1, -0.05) is 30.3 Å². The molecule has 0 radical (unpaired) electrons. The molecule has 0 aliphatic heterocycles. The molecule has 2 aromatic rings. The van der Waals surface area contributed by atoms with Crippen molar-refractivity contribution in [3.8, 4) is 5.88 Å². The summed E-state index contributed by atoms with van der Waals surface area (Å²) in [5, 5.41) is 2.98. The van der Waals surface area contributed by atoms with E-state index in [4.69, 9.17) is 4.74 Å². The Morgan fingerprint density at radius 1 is 1.07 bits per heavy atom. The Labute approximate surface area is 161 Å². The third kappa shape index (κ3) is 5.84. The number of ether oxygens (including phenoxy) is 1. The number of amides is 1. The van der Waals surface area contributed by atoms with Crippen LogP contribution in [0.4, 0.5) is 13.2 Å². The number of carbonyl (C=O) groups excluding carboxylic acids is 1. The molecule has 0 spiro atoms. The maximum Gasteiger partial charge on any atom is 0.417 e. The molecule has 4 nitrogen and oxygen atoms in total.